The number of hydrogen-bond donors (Lipinski definition) is 1. The van der Waals surface area contributed by atoms with Crippen LogP contribution in [0, 0.1) is 29.6 Å². The van der Waals surface area contributed by atoms with Gasteiger partial charge in [0.25, 0.3) is 0 Å². The molecule has 0 saturated heterocycles. The van der Waals surface area contributed by atoms with Crippen molar-refractivity contribution in [2.75, 3.05) is 6.61 Å². The summed E-state index contributed by atoms with van der Waals surface area (Å²) in [6.07, 6.45) is 4.21. The molecule has 21 heavy (non-hydrogen) atoms. The third-order valence-electron chi connectivity index (χ3n) is 4.37. The summed E-state index contributed by atoms with van der Waals surface area (Å²) in [6, 6.07) is 2.07. The highest BCUT2D eigenvalue weighted by Gasteiger charge is 2.31. The maximum atomic E-state index is 8.72. The Balaban J connectivity index is 1.92. The smallest absolute Gasteiger partial charge is 0.104 e. The summed E-state index contributed by atoms with van der Waals surface area (Å²) < 4.78 is 6.24. The van der Waals surface area contributed by atoms with E-state index in [4.69, 9.17) is 9.84 Å². The monoisotopic (exact) mass is 306 g/mol. The molecule has 0 radical (unpaired) electrons. The Morgan fingerprint density at radius 3 is 2.95 bits per heavy atom. The number of aliphatic hydroxyl groups excluding tert-OH is 1. The van der Waals surface area contributed by atoms with Crippen LogP contribution in [-0.4, -0.2) is 17.8 Å². The van der Waals surface area contributed by atoms with Gasteiger partial charge in [0.15, 0.2) is 0 Å². The molecule has 1 aliphatic rings. The molecule has 1 aliphatic carbocycles. The Kier molecular flexibility index (Phi) is 6.29. The van der Waals surface area contributed by atoms with Gasteiger partial charge in [0.2, 0.25) is 0 Å². The molecule has 2 nitrogen and oxygen atoms in total. The topological polar surface area (TPSA) is 29.5 Å². The van der Waals surface area contributed by atoms with Crippen molar-refractivity contribution in [2.45, 2.75) is 52.7 Å². The van der Waals surface area contributed by atoms with E-state index in [1.807, 2.05) is 5.38 Å². The van der Waals surface area contributed by atoms with Gasteiger partial charge in [0.1, 0.15) is 6.61 Å². The van der Waals surface area contributed by atoms with E-state index in [9.17, 15) is 0 Å². The molecule has 1 aromatic rings. The largest absolute Gasteiger partial charge is 0.384 e. The van der Waals surface area contributed by atoms with Gasteiger partial charge in [-0.2, -0.15) is 0 Å². The Morgan fingerprint density at radius 2 is 2.24 bits per heavy atom. The molecule has 3 unspecified atom stereocenters. The molecule has 1 fully saturated rings. The predicted octanol–water partition coefficient (Wildman–Crippen LogP) is 4.07. The number of rotatable bonds is 4. The van der Waals surface area contributed by atoms with Crippen LogP contribution in [0.1, 0.15) is 50.5 Å². The highest BCUT2D eigenvalue weighted by atomic mass is 32.1. The fourth-order valence-electron chi connectivity index (χ4n) is 3.16. The first kappa shape index (κ1) is 16.5. The molecular weight excluding hydrogens is 280 g/mol. The first-order chi connectivity index (χ1) is 10.1. The summed E-state index contributed by atoms with van der Waals surface area (Å²) in [4.78, 5) is 1.22. The molecule has 0 amide bonds. The molecule has 0 spiro atoms. The second-order valence-electron chi connectivity index (χ2n) is 6.44. The second kappa shape index (κ2) is 7.98. The minimum Gasteiger partial charge on any atom is -0.384 e. The third kappa shape index (κ3) is 4.85. The number of aliphatic hydroxyl groups is 1. The SMILES string of the molecule is CC1CCC(C(C)C)C(OCc2cc(C#CCO)cs2)C1. The summed E-state index contributed by atoms with van der Waals surface area (Å²) in [5.41, 5.74) is 0.977. The standard InChI is InChI=1S/C18H26O2S/c1-13(2)17-7-6-14(3)9-18(17)20-11-16-10-15(12-21-16)5-4-8-19/h10,12-14,17-19H,6-9,11H2,1-3H3. The summed E-state index contributed by atoms with van der Waals surface area (Å²) >= 11 is 1.69. The quantitative estimate of drug-likeness (QED) is 0.850. The van der Waals surface area contributed by atoms with Crippen molar-refractivity contribution in [3.8, 4) is 11.8 Å². The van der Waals surface area contributed by atoms with Crippen molar-refractivity contribution in [1.29, 1.82) is 0 Å². The van der Waals surface area contributed by atoms with Gasteiger partial charge in [-0.05, 0) is 36.7 Å². The van der Waals surface area contributed by atoms with Gasteiger partial charge in [0, 0.05) is 15.8 Å². The molecule has 1 N–H and O–H groups in total. The molecule has 1 heterocycles. The molecule has 0 aromatic carbocycles. The lowest BCUT2D eigenvalue weighted by atomic mass is 9.75. The first-order valence-electron chi connectivity index (χ1n) is 7.89. The highest BCUT2D eigenvalue weighted by molar-refractivity contribution is 7.10. The zero-order valence-electron chi connectivity index (χ0n) is 13.3. The van der Waals surface area contributed by atoms with Gasteiger partial charge in [0.05, 0.1) is 12.7 Å². The molecule has 0 aliphatic heterocycles. The average molecular weight is 306 g/mol. The van der Waals surface area contributed by atoms with Crippen LogP contribution in [0.5, 0.6) is 0 Å². The number of hydrogen-bond acceptors (Lipinski definition) is 3. The van der Waals surface area contributed by atoms with Crippen LogP contribution in [0.4, 0.5) is 0 Å². The lowest BCUT2D eigenvalue weighted by Gasteiger charge is -2.37. The molecule has 2 rings (SSSR count). The fourth-order valence-corrected chi connectivity index (χ4v) is 3.90. The van der Waals surface area contributed by atoms with Crippen LogP contribution in [0.15, 0.2) is 11.4 Å². The minimum atomic E-state index is -0.0856. The van der Waals surface area contributed by atoms with Gasteiger partial charge in [-0.1, -0.05) is 39.0 Å². The zero-order chi connectivity index (χ0) is 15.2. The molecule has 1 aromatic heterocycles. The van der Waals surface area contributed by atoms with Gasteiger partial charge < -0.3 is 9.84 Å². The van der Waals surface area contributed by atoms with Crippen molar-refractivity contribution in [3.05, 3.63) is 21.9 Å². The van der Waals surface area contributed by atoms with Gasteiger partial charge in [-0.3, -0.25) is 0 Å². The fraction of sp³-hybridized carbons (Fsp3) is 0.667. The molecular formula is C18H26O2S. The Labute approximate surface area is 132 Å². The summed E-state index contributed by atoms with van der Waals surface area (Å²) in [6.45, 7) is 7.56. The zero-order valence-corrected chi connectivity index (χ0v) is 14.1. The maximum absolute atomic E-state index is 8.72. The normalized spacial score (nSPS) is 25.7. The van der Waals surface area contributed by atoms with Crippen LogP contribution in [0.3, 0.4) is 0 Å². The van der Waals surface area contributed by atoms with E-state index in [0.717, 1.165) is 11.5 Å². The van der Waals surface area contributed by atoms with Crippen molar-refractivity contribution in [3.63, 3.8) is 0 Å². The summed E-state index contributed by atoms with van der Waals surface area (Å²) in [5, 5.41) is 10.8. The maximum Gasteiger partial charge on any atom is 0.104 e. The van der Waals surface area contributed by atoms with Crippen molar-refractivity contribution < 1.29 is 9.84 Å². The van der Waals surface area contributed by atoms with Gasteiger partial charge in [-0.25, -0.2) is 0 Å². The van der Waals surface area contributed by atoms with Crippen molar-refractivity contribution in [2.24, 2.45) is 17.8 Å². The first-order valence-corrected chi connectivity index (χ1v) is 8.76. The van der Waals surface area contributed by atoms with Crippen LogP contribution >= 0.6 is 11.3 Å². The van der Waals surface area contributed by atoms with Gasteiger partial charge in [-0.15, -0.1) is 11.3 Å². The van der Waals surface area contributed by atoms with Crippen LogP contribution in [-0.2, 0) is 11.3 Å². The highest BCUT2D eigenvalue weighted by Crippen LogP contribution is 2.35. The van der Waals surface area contributed by atoms with E-state index < -0.39 is 0 Å². The van der Waals surface area contributed by atoms with Crippen LogP contribution in [0.25, 0.3) is 0 Å². The van der Waals surface area contributed by atoms with E-state index in [-0.39, 0.29) is 6.61 Å². The summed E-state index contributed by atoms with van der Waals surface area (Å²) in [7, 11) is 0. The van der Waals surface area contributed by atoms with E-state index in [2.05, 4.69) is 38.7 Å². The van der Waals surface area contributed by atoms with Crippen LogP contribution in [0.2, 0.25) is 0 Å². The Bertz CT molecular complexity index is 495. The molecule has 3 atom stereocenters. The van der Waals surface area contributed by atoms with Crippen molar-refractivity contribution in [1.82, 2.24) is 0 Å². The number of ether oxygens (including phenoxy) is 1. The minimum absolute atomic E-state index is 0.0856. The lowest BCUT2D eigenvalue weighted by molar-refractivity contribution is -0.0463. The predicted molar refractivity (Wildman–Crippen MR) is 88.2 cm³/mol. The van der Waals surface area contributed by atoms with Crippen LogP contribution < -0.4 is 0 Å². The summed E-state index contributed by atoms with van der Waals surface area (Å²) in [5.74, 6) is 7.78. The van der Waals surface area contributed by atoms with Gasteiger partial charge >= 0.3 is 0 Å². The Morgan fingerprint density at radius 1 is 1.43 bits per heavy atom. The second-order valence-corrected chi connectivity index (χ2v) is 7.43. The molecule has 116 valence electrons. The number of thiophene rings is 1. The molecule has 0 bridgehead atoms. The Hall–Kier alpha value is -0.820. The van der Waals surface area contributed by atoms with E-state index >= 15 is 0 Å². The third-order valence-corrected chi connectivity index (χ3v) is 5.28. The average Bonchev–Trinajstić information content (AvgIpc) is 2.90. The van der Waals surface area contributed by atoms with E-state index in [1.54, 1.807) is 11.3 Å². The molecule has 3 heteroatoms. The van der Waals surface area contributed by atoms with Crippen molar-refractivity contribution >= 4 is 11.3 Å². The molecule has 1 saturated carbocycles. The van der Waals surface area contributed by atoms with E-state index in [1.165, 1.54) is 24.1 Å². The lowest BCUT2D eigenvalue weighted by Crippen LogP contribution is -2.34. The van der Waals surface area contributed by atoms with E-state index in [0.29, 0.717) is 24.5 Å².